The zero-order valence-corrected chi connectivity index (χ0v) is 10.7. The minimum absolute atomic E-state index is 0.00403. The van der Waals surface area contributed by atoms with Crippen LogP contribution in [0.1, 0.15) is 0 Å². The minimum Gasteiger partial charge on any atom is -0.378 e. The normalized spacial score (nSPS) is 18.1. The van der Waals surface area contributed by atoms with Crippen LogP contribution in [0.4, 0.5) is 0 Å². The molecule has 0 aliphatic carbocycles. The molecule has 7 heteroatoms. The van der Waals surface area contributed by atoms with Gasteiger partial charge in [0.15, 0.2) is 15.8 Å². The predicted molar refractivity (Wildman–Crippen MR) is 67.7 cm³/mol. The molecule has 0 aromatic rings. The molecule has 17 heavy (non-hydrogen) atoms. The molecular formula is C10H19N3O3S. The van der Waals surface area contributed by atoms with Crippen LogP contribution in [0, 0.1) is 0 Å². The summed E-state index contributed by atoms with van der Waals surface area (Å²) < 4.78 is 27.9. The summed E-state index contributed by atoms with van der Waals surface area (Å²) in [5, 5.41) is 0. The number of sulfone groups is 1. The lowest BCUT2D eigenvalue weighted by atomic mass is 10.4. The summed E-state index contributed by atoms with van der Waals surface area (Å²) >= 11 is 0. The summed E-state index contributed by atoms with van der Waals surface area (Å²) in [6, 6.07) is 0. The van der Waals surface area contributed by atoms with E-state index in [1.54, 1.807) is 0 Å². The number of guanidine groups is 1. The van der Waals surface area contributed by atoms with Crippen molar-refractivity contribution in [1.29, 1.82) is 0 Å². The second-order valence-corrected chi connectivity index (χ2v) is 5.97. The van der Waals surface area contributed by atoms with Crippen LogP contribution in [0.2, 0.25) is 0 Å². The third-order valence-corrected chi connectivity index (χ3v) is 3.93. The Morgan fingerprint density at radius 1 is 1.47 bits per heavy atom. The Bertz CT molecular complexity index is 372. The molecule has 0 spiro atoms. The van der Waals surface area contributed by atoms with Crippen LogP contribution >= 0.6 is 0 Å². The molecule has 2 N–H and O–H groups in total. The number of hydrogen-bond donors (Lipinski definition) is 1. The maximum absolute atomic E-state index is 11.4. The predicted octanol–water partition coefficient (Wildman–Crippen LogP) is -0.766. The van der Waals surface area contributed by atoms with E-state index < -0.39 is 9.84 Å². The Kier molecular flexibility index (Phi) is 5.43. The van der Waals surface area contributed by atoms with Gasteiger partial charge in [0.25, 0.3) is 0 Å². The molecule has 0 bridgehead atoms. The number of ether oxygens (including phenoxy) is 1. The summed E-state index contributed by atoms with van der Waals surface area (Å²) in [5.74, 6) is 0.381. The monoisotopic (exact) mass is 261 g/mol. The Balaban J connectivity index is 2.39. The topological polar surface area (TPSA) is 85.0 Å². The molecular weight excluding hydrogens is 242 g/mol. The lowest BCUT2D eigenvalue weighted by molar-refractivity contribution is 0.0674. The van der Waals surface area contributed by atoms with Crippen molar-refractivity contribution in [3.05, 3.63) is 12.7 Å². The van der Waals surface area contributed by atoms with Crippen molar-refractivity contribution in [2.45, 2.75) is 0 Å². The van der Waals surface area contributed by atoms with E-state index in [0.29, 0.717) is 32.3 Å². The summed E-state index contributed by atoms with van der Waals surface area (Å²) in [6.45, 7) is 6.26. The second kappa shape index (κ2) is 6.61. The first kappa shape index (κ1) is 14.0. The van der Waals surface area contributed by atoms with Gasteiger partial charge in [-0.2, -0.15) is 0 Å². The number of nitrogens with zero attached hydrogens (tertiary/aromatic N) is 2. The lowest BCUT2D eigenvalue weighted by Crippen LogP contribution is -2.45. The van der Waals surface area contributed by atoms with Gasteiger partial charge in [-0.1, -0.05) is 6.08 Å². The van der Waals surface area contributed by atoms with Gasteiger partial charge in [-0.15, -0.1) is 6.58 Å². The molecule has 1 saturated heterocycles. The van der Waals surface area contributed by atoms with Crippen LogP contribution in [0.15, 0.2) is 17.6 Å². The van der Waals surface area contributed by atoms with E-state index in [1.165, 1.54) is 6.08 Å². The van der Waals surface area contributed by atoms with Gasteiger partial charge in [0.2, 0.25) is 0 Å². The third kappa shape index (κ3) is 5.18. The molecule has 1 aliphatic heterocycles. The van der Waals surface area contributed by atoms with E-state index in [-0.39, 0.29) is 18.1 Å². The standard InChI is InChI=1S/C10H19N3O3S/c1-2-8-17(14,15)9-3-12-10(11)13-4-6-16-7-5-13/h2H,1,3-9H2,(H2,11,12). The summed E-state index contributed by atoms with van der Waals surface area (Å²) in [6.07, 6.45) is 1.38. The van der Waals surface area contributed by atoms with Crippen LogP contribution in [-0.4, -0.2) is 63.6 Å². The Labute approximate surface area is 102 Å². The highest BCUT2D eigenvalue weighted by atomic mass is 32.2. The van der Waals surface area contributed by atoms with E-state index in [1.807, 2.05) is 4.90 Å². The van der Waals surface area contributed by atoms with Gasteiger partial charge in [0.1, 0.15) is 0 Å². The molecule has 0 amide bonds. The molecule has 1 heterocycles. The molecule has 0 aromatic carbocycles. The van der Waals surface area contributed by atoms with E-state index in [0.717, 1.165) is 0 Å². The van der Waals surface area contributed by atoms with Crippen LogP contribution in [0.3, 0.4) is 0 Å². The van der Waals surface area contributed by atoms with Crippen molar-refractivity contribution in [2.75, 3.05) is 44.4 Å². The lowest BCUT2D eigenvalue weighted by Gasteiger charge is -2.27. The van der Waals surface area contributed by atoms with E-state index in [2.05, 4.69) is 11.6 Å². The van der Waals surface area contributed by atoms with Crippen molar-refractivity contribution in [3.63, 3.8) is 0 Å². The Hall–Kier alpha value is -1.08. The quantitative estimate of drug-likeness (QED) is 0.399. The van der Waals surface area contributed by atoms with Gasteiger partial charge >= 0.3 is 0 Å². The van der Waals surface area contributed by atoms with Gasteiger partial charge in [-0.3, -0.25) is 4.99 Å². The van der Waals surface area contributed by atoms with Gasteiger partial charge in [-0.05, 0) is 0 Å². The zero-order valence-electron chi connectivity index (χ0n) is 9.84. The second-order valence-electron chi connectivity index (χ2n) is 3.74. The molecule has 0 radical (unpaired) electrons. The number of aliphatic imine (C=N–C) groups is 1. The SMILES string of the molecule is C=CCS(=O)(=O)CCN=C(N)N1CCOCC1. The summed E-state index contributed by atoms with van der Waals surface area (Å²) in [7, 11) is -3.08. The van der Waals surface area contributed by atoms with Gasteiger partial charge in [0.05, 0.1) is 31.3 Å². The summed E-state index contributed by atoms with van der Waals surface area (Å²) in [4.78, 5) is 5.96. The van der Waals surface area contributed by atoms with Crippen molar-refractivity contribution in [2.24, 2.45) is 10.7 Å². The maximum atomic E-state index is 11.4. The average molecular weight is 261 g/mol. The first-order valence-corrected chi connectivity index (χ1v) is 7.31. The van der Waals surface area contributed by atoms with E-state index in [4.69, 9.17) is 10.5 Å². The maximum Gasteiger partial charge on any atom is 0.191 e. The molecule has 0 aromatic heterocycles. The minimum atomic E-state index is -3.08. The van der Waals surface area contributed by atoms with Crippen LogP contribution in [0.5, 0.6) is 0 Å². The smallest absolute Gasteiger partial charge is 0.191 e. The molecule has 0 atom stereocenters. The molecule has 0 saturated carbocycles. The van der Waals surface area contributed by atoms with Gasteiger partial charge in [-0.25, -0.2) is 8.42 Å². The van der Waals surface area contributed by atoms with Gasteiger partial charge < -0.3 is 15.4 Å². The van der Waals surface area contributed by atoms with E-state index >= 15 is 0 Å². The average Bonchev–Trinajstić information content (AvgIpc) is 2.29. The fourth-order valence-electron chi connectivity index (χ4n) is 1.45. The molecule has 6 nitrogen and oxygen atoms in total. The first-order chi connectivity index (χ1) is 8.05. The number of nitrogens with two attached hydrogens (primary N) is 1. The molecule has 0 unspecified atom stereocenters. The van der Waals surface area contributed by atoms with Crippen molar-refractivity contribution >= 4 is 15.8 Å². The van der Waals surface area contributed by atoms with Gasteiger partial charge in [0, 0.05) is 13.1 Å². The largest absolute Gasteiger partial charge is 0.378 e. The highest BCUT2D eigenvalue weighted by Crippen LogP contribution is 1.97. The zero-order chi connectivity index (χ0) is 12.7. The molecule has 1 aliphatic rings. The van der Waals surface area contributed by atoms with E-state index in [9.17, 15) is 8.42 Å². The van der Waals surface area contributed by atoms with Crippen LogP contribution in [0.25, 0.3) is 0 Å². The molecule has 98 valence electrons. The highest BCUT2D eigenvalue weighted by molar-refractivity contribution is 7.91. The number of morpholine rings is 1. The van der Waals surface area contributed by atoms with Crippen molar-refractivity contribution in [1.82, 2.24) is 4.90 Å². The first-order valence-electron chi connectivity index (χ1n) is 5.49. The Morgan fingerprint density at radius 2 is 2.12 bits per heavy atom. The van der Waals surface area contributed by atoms with Crippen LogP contribution in [-0.2, 0) is 14.6 Å². The summed E-state index contributed by atoms with van der Waals surface area (Å²) in [5.41, 5.74) is 5.76. The fraction of sp³-hybridized carbons (Fsp3) is 0.700. The Morgan fingerprint density at radius 3 is 2.71 bits per heavy atom. The highest BCUT2D eigenvalue weighted by Gasteiger charge is 2.12. The third-order valence-electron chi connectivity index (χ3n) is 2.38. The molecule has 1 rings (SSSR count). The van der Waals surface area contributed by atoms with Crippen molar-refractivity contribution < 1.29 is 13.2 Å². The molecule has 1 fully saturated rings. The number of hydrogen-bond acceptors (Lipinski definition) is 4. The fourth-order valence-corrected chi connectivity index (χ4v) is 2.35. The van der Waals surface area contributed by atoms with Crippen LogP contribution < -0.4 is 5.73 Å². The number of rotatable bonds is 5. The van der Waals surface area contributed by atoms with Crippen molar-refractivity contribution in [3.8, 4) is 0 Å².